The summed E-state index contributed by atoms with van der Waals surface area (Å²) in [4.78, 5) is 15.0. The van der Waals surface area contributed by atoms with E-state index < -0.39 is 0 Å². The van der Waals surface area contributed by atoms with Gasteiger partial charge in [0, 0.05) is 25.8 Å². The maximum Gasteiger partial charge on any atom is 0.272 e. The molecule has 0 unspecified atom stereocenters. The second kappa shape index (κ2) is 9.91. The Morgan fingerprint density at radius 1 is 1.00 bits per heavy atom. The number of fused-ring (bicyclic) bond motifs is 1. The van der Waals surface area contributed by atoms with Crippen LogP contribution in [0.15, 0.2) is 66.0 Å². The summed E-state index contributed by atoms with van der Waals surface area (Å²) in [5.74, 6) is 1.58. The number of aromatic nitrogens is 1. The summed E-state index contributed by atoms with van der Waals surface area (Å²) in [6.07, 6.45) is 2.42. The maximum absolute atomic E-state index is 12.7. The molecule has 0 atom stereocenters. The van der Waals surface area contributed by atoms with Gasteiger partial charge in [0.25, 0.3) is 5.91 Å². The number of thiophene rings is 1. The minimum atomic E-state index is -0.113. The Kier molecular flexibility index (Phi) is 6.56. The van der Waals surface area contributed by atoms with Gasteiger partial charge in [-0.1, -0.05) is 12.1 Å². The van der Waals surface area contributed by atoms with E-state index in [1.807, 2.05) is 77.7 Å². The van der Waals surface area contributed by atoms with E-state index in [1.54, 1.807) is 11.3 Å². The summed E-state index contributed by atoms with van der Waals surface area (Å²) >= 11 is 1.64. The fraction of sp³-hybridized carbons (Fsp3) is 0.296. The molecule has 1 N–H and O–H groups in total. The zero-order chi connectivity index (χ0) is 23.5. The zero-order valence-corrected chi connectivity index (χ0v) is 20.3. The molecule has 1 amide bonds. The number of carbonyl (C=O) groups excluding carboxylic acids is 1. The molecule has 0 bridgehead atoms. The molecule has 1 aliphatic heterocycles. The number of ether oxygens (including phenoxy) is 2. The third-order valence-corrected chi connectivity index (χ3v) is 7.16. The van der Waals surface area contributed by atoms with Gasteiger partial charge >= 0.3 is 0 Å². The summed E-state index contributed by atoms with van der Waals surface area (Å²) in [5.41, 5.74) is 3.51. The number of anilines is 1. The molecule has 0 aliphatic carbocycles. The minimum absolute atomic E-state index is 0.113. The lowest BCUT2D eigenvalue weighted by atomic mass is 10.1. The number of carbonyl (C=O) groups is 1. The third-order valence-electron chi connectivity index (χ3n) is 6.31. The van der Waals surface area contributed by atoms with Crippen molar-refractivity contribution in [1.29, 1.82) is 0 Å². The van der Waals surface area contributed by atoms with Crippen LogP contribution in [-0.4, -0.2) is 41.6 Å². The van der Waals surface area contributed by atoms with Crippen molar-refractivity contribution in [2.75, 3.05) is 25.5 Å². The molecule has 7 heteroatoms. The summed E-state index contributed by atoms with van der Waals surface area (Å²) in [5, 5.41) is 5.01. The Hall–Kier alpha value is -3.29. The fourth-order valence-corrected chi connectivity index (χ4v) is 5.07. The van der Waals surface area contributed by atoms with Crippen LogP contribution in [0.25, 0.3) is 10.2 Å². The highest BCUT2D eigenvalue weighted by atomic mass is 32.1. The van der Waals surface area contributed by atoms with Gasteiger partial charge in [0.15, 0.2) is 0 Å². The van der Waals surface area contributed by atoms with Crippen molar-refractivity contribution in [1.82, 2.24) is 9.47 Å². The molecule has 176 valence electrons. The van der Waals surface area contributed by atoms with E-state index in [1.165, 1.54) is 0 Å². The highest BCUT2D eigenvalue weighted by molar-refractivity contribution is 7.17. The molecule has 4 aromatic rings. The SMILES string of the molecule is CN1CCC(Oc2ccc(OCc3ccc(NC(=O)c4cc5sccc5n4C)cc3)cc2)CC1. The van der Waals surface area contributed by atoms with Crippen molar-refractivity contribution in [3.8, 4) is 11.5 Å². The summed E-state index contributed by atoms with van der Waals surface area (Å²) in [6.45, 7) is 2.62. The number of nitrogens with one attached hydrogen (secondary N) is 1. The number of aryl methyl sites for hydroxylation is 1. The zero-order valence-electron chi connectivity index (χ0n) is 19.5. The molecule has 2 aromatic carbocycles. The number of likely N-dealkylation sites (tertiary alicyclic amines) is 1. The molecule has 1 saturated heterocycles. The first kappa shape index (κ1) is 22.5. The Morgan fingerprint density at radius 3 is 2.41 bits per heavy atom. The van der Waals surface area contributed by atoms with E-state index in [0.29, 0.717) is 18.4 Å². The van der Waals surface area contributed by atoms with E-state index in [4.69, 9.17) is 9.47 Å². The lowest BCUT2D eigenvalue weighted by Gasteiger charge is -2.29. The third kappa shape index (κ3) is 5.11. The average Bonchev–Trinajstić information content (AvgIpc) is 3.44. The topological polar surface area (TPSA) is 55.7 Å². The summed E-state index contributed by atoms with van der Waals surface area (Å²) < 4.78 is 15.1. The van der Waals surface area contributed by atoms with Crippen LogP contribution in [0.4, 0.5) is 5.69 Å². The highest BCUT2D eigenvalue weighted by Gasteiger charge is 2.18. The Balaban J connectivity index is 1.12. The molecule has 34 heavy (non-hydrogen) atoms. The van der Waals surface area contributed by atoms with Crippen molar-refractivity contribution in [2.24, 2.45) is 7.05 Å². The van der Waals surface area contributed by atoms with Crippen molar-refractivity contribution >= 4 is 33.1 Å². The summed E-state index contributed by atoms with van der Waals surface area (Å²) in [6, 6.07) is 19.5. The van der Waals surface area contributed by atoms with Crippen LogP contribution in [0, 0.1) is 0 Å². The van der Waals surface area contributed by atoms with Crippen molar-refractivity contribution < 1.29 is 14.3 Å². The number of nitrogens with zero attached hydrogens (tertiary/aromatic N) is 2. The van der Waals surface area contributed by atoms with Gasteiger partial charge in [-0.05, 0) is 79.4 Å². The van der Waals surface area contributed by atoms with Crippen molar-refractivity contribution in [3.05, 3.63) is 77.3 Å². The van der Waals surface area contributed by atoms with E-state index in [9.17, 15) is 4.79 Å². The van der Waals surface area contributed by atoms with Gasteiger partial charge in [-0.15, -0.1) is 11.3 Å². The van der Waals surface area contributed by atoms with Crippen molar-refractivity contribution in [2.45, 2.75) is 25.6 Å². The second-order valence-electron chi connectivity index (χ2n) is 8.79. The van der Waals surface area contributed by atoms with E-state index in [0.717, 1.165) is 58.9 Å². The quantitative estimate of drug-likeness (QED) is 0.381. The van der Waals surface area contributed by atoms with Gasteiger partial charge in [-0.25, -0.2) is 0 Å². The molecular weight excluding hydrogens is 446 g/mol. The molecule has 0 saturated carbocycles. The van der Waals surface area contributed by atoms with Crippen LogP contribution >= 0.6 is 11.3 Å². The summed E-state index contributed by atoms with van der Waals surface area (Å²) in [7, 11) is 4.07. The Labute approximate surface area is 203 Å². The molecule has 3 heterocycles. The molecule has 0 spiro atoms. The average molecular weight is 476 g/mol. The number of benzene rings is 2. The predicted molar refractivity (Wildman–Crippen MR) is 137 cm³/mol. The number of rotatable bonds is 7. The molecule has 2 aromatic heterocycles. The predicted octanol–water partition coefficient (Wildman–Crippen LogP) is 5.54. The molecular formula is C27H29N3O3S. The second-order valence-corrected chi connectivity index (χ2v) is 9.74. The van der Waals surface area contributed by atoms with Gasteiger partial charge in [-0.2, -0.15) is 0 Å². The fourth-order valence-electron chi connectivity index (χ4n) is 4.22. The number of piperidine rings is 1. The molecule has 5 rings (SSSR count). The number of hydrogen-bond donors (Lipinski definition) is 1. The van der Waals surface area contributed by atoms with Crippen molar-refractivity contribution in [3.63, 3.8) is 0 Å². The lowest BCUT2D eigenvalue weighted by Crippen LogP contribution is -2.35. The Morgan fingerprint density at radius 2 is 1.71 bits per heavy atom. The van der Waals surface area contributed by atoms with Crippen LogP contribution in [0.1, 0.15) is 28.9 Å². The monoisotopic (exact) mass is 475 g/mol. The Bertz CT molecular complexity index is 1250. The maximum atomic E-state index is 12.7. The van der Waals surface area contributed by atoms with Crippen LogP contribution in [0.2, 0.25) is 0 Å². The molecule has 6 nitrogen and oxygen atoms in total. The minimum Gasteiger partial charge on any atom is -0.490 e. The molecule has 0 radical (unpaired) electrons. The first-order valence-electron chi connectivity index (χ1n) is 11.6. The smallest absolute Gasteiger partial charge is 0.272 e. The number of amides is 1. The van der Waals surface area contributed by atoms with Gasteiger partial charge in [0.05, 0.1) is 10.2 Å². The van der Waals surface area contributed by atoms with Gasteiger partial charge < -0.3 is 24.3 Å². The van der Waals surface area contributed by atoms with Crippen LogP contribution in [0.3, 0.4) is 0 Å². The van der Waals surface area contributed by atoms with E-state index in [2.05, 4.69) is 17.3 Å². The van der Waals surface area contributed by atoms with E-state index in [-0.39, 0.29) is 5.91 Å². The lowest BCUT2D eigenvalue weighted by molar-refractivity contribution is 0.101. The molecule has 1 aliphatic rings. The molecule has 1 fully saturated rings. The van der Waals surface area contributed by atoms with E-state index >= 15 is 0 Å². The van der Waals surface area contributed by atoms with Crippen LogP contribution in [0.5, 0.6) is 11.5 Å². The largest absolute Gasteiger partial charge is 0.490 e. The first-order valence-corrected chi connectivity index (χ1v) is 12.4. The van der Waals surface area contributed by atoms with Crippen LogP contribution in [-0.2, 0) is 13.7 Å². The normalized spacial score (nSPS) is 14.9. The highest BCUT2D eigenvalue weighted by Crippen LogP contribution is 2.25. The van der Waals surface area contributed by atoms with Gasteiger partial charge in [0.2, 0.25) is 0 Å². The first-order chi connectivity index (χ1) is 16.5. The van der Waals surface area contributed by atoms with Crippen LogP contribution < -0.4 is 14.8 Å². The standard InChI is InChI=1S/C27H29N3O3S/c1-29-14-11-23(12-15-29)33-22-9-7-21(8-10-22)32-18-19-3-5-20(6-4-19)28-27(31)25-17-26-24(30(25)2)13-16-34-26/h3-10,13,16-17,23H,11-12,14-15,18H2,1-2H3,(H,28,31). The van der Waals surface area contributed by atoms with Gasteiger partial charge in [0.1, 0.15) is 29.9 Å². The number of hydrogen-bond acceptors (Lipinski definition) is 5. The van der Waals surface area contributed by atoms with Gasteiger partial charge in [-0.3, -0.25) is 4.79 Å².